The van der Waals surface area contributed by atoms with Crippen LogP contribution < -0.4 is 16.8 Å². The van der Waals surface area contributed by atoms with Crippen LogP contribution in [0.1, 0.15) is 66.0 Å². The number of carbonyl (C=O) groups excluding carboxylic acids is 2. The van der Waals surface area contributed by atoms with Crippen LogP contribution in [0.2, 0.25) is 5.02 Å². The van der Waals surface area contributed by atoms with E-state index in [0.29, 0.717) is 39.7 Å². The van der Waals surface area contributed by atoms with Crippen molar-refractivity contribution < 1.29 is 19.1 Å². The molecule has 1 saturated carbocycles. The van der Waals surface area contributed by atoms with Gasteiger partial charge < -0.3 is 26.8 Å². The van der Waals surface area contributed by atoms with Gasteiger partial charge in [-0.1, -0.05) is 85.1 Å². The third-order valence-electron chi connectivity index (χ3n) is 9.46. The Hall–Kier alpha value is -4.75. The summed E-state index contributed by atoms with van der Waals surface area (Å²) in [4.78, 5) is 28.2. The first-order valence-corrected chi connectivity index (χ1v) is 15.9. The van der Waals surface area contributed by atoms with Crippen LogP contribution in [0.15, 0.2) is 97.1 Å². The van der Waals surface area contributed by atoms with E-state index in [-0.39, 0.29) is 17.5 Å². The van der Waals surface area contributed by atoms with Crippen LogP contribution in [0.4, 0.5) is 14.9 Å². The fourth-order valence-corrected chi connectivity index (χ4v) is 6.91. The number of amides is 3. The normalized spacial score (nSPS) is 21.9. The van der Waals surface area contributed by atoms with Gasteiger partial charge in [0.05, 0.1) is 23.2 Å². The number of benzene rings is 4. The fraction of sp³-hybridized carbons (Fsp3) is 0.270. The molecule has 0 spiro atoms. The summed E-state index contributed by atoms with van der Waals surface area (Å²) >= 11 is 6.04. The van der Waals surface area contributed by atoms with E-state index in [1.54, 1.807) is 91.0 Å². The quantitative estimate of drug-likeness (QED) is 0.164. The molecular formula is C37H35ClFN5O3. The molecule has 4 aromatic rings. The zero-order valence-electron chi connectivity index (χ0n) is 25.6. The van der Waals surface area contributed by atoms with Gasteiger partial charge in [-0.25, -0.2) is 9.18 Å². The molecule has 0 aromatic heterocycles. The van der Waals surface area contributed by atoms with Crippen molar-refractivity contribution in [3.63, 3.8) is 0 Å². The topological polar surface area (TPSA) is 145 Å². The second-order valence-electron chi connectivity index (χ2n) is 12.5. The maximum absolute atomic E-state index is 17.4. The molecule has 0 bridgehead atoms. The number of primary amides is 1. The Balaban J connectivity index is 1.52. The first kappa shape index (κ1) is 32.2. The van der Waals surface area contributed by atoms with Crippen LogP contribution in [-0.4, -0.2) is 28.0 Å². The minimum absolute atomic E-state index is 0.0263. The van der Waals surface area contributed by atoms with Gasteiger partial charge in [0.1, 0.15) is 17.5 Å². The number of urea groups is 1. The highest BCUT2D eigenvalue weighted by Gasteiger charge is 2.57. The molecule has 3 amide bonds. The van der Waals surface area contributed by atoms with Crippen molar-refractivity contribution in [2.75, 3.05) is 5.32 Å². The number of carbonyl (C=O) groups is 2. The van der Waals surface area contributed by atoms with Crippen LogP contribution in [0.5, 0.6) is 0 Å². The largest absolute Gasteiger partial charge is 0.383 e. The molecule has 8 nitrogen and oxygen atoms in total. The van der Waals surface area contributed by atoms with Crippen molar-refractivity contribution in [1.82, 2.24) is 4.90 Å². The predicted molar refractivity (Wildman–Crippen MR) is 177 cm³/mol. The third kappa shape index (κ3) is 6.20. The number of nitriles is 1. The summed E-state index contributed by atoms with van der Waals surface area (Å²) in [6.45, 7) is 0. The molecule has 2 aliphatic rings. The average molecular weight is 652 g/mol. The number of nitrogens with two attached hydrogens (primary N) is 2. The van der Waals surface area contributed by atoms with Crippen LogP contribution in [0.3, 0.4) is 0 Å². The maximum atomic E-state index is 17.4. The molecule has 4 unspecified atom stereocenters. The van der Waals surface area contributed by atoms with Crippen molar-refractivity contribution in [1.29, 1.82) is 5.26 Å². The van der Waals surface area contributed by atoms with Gasteiger partial charge in [-0.3, -0.25) is 4.79 Å². The van der Waals surface area contributed by atoms with Crippen molar-refractivity contribution >= 4 is 29.2 Å². The van der Waals surface area contributed by atoms with Crippen molar-refractivity contribution in [3.05, 3.63) is 136 Å². The van der Waals surface area contributed by atoms with E-state index in [4.69, 9.17) is 23.1 Å². The number of likely N-dealkylation sites (tertiary alicyclic amines) is 1. The van der Waals surface area contributed by atoms with Crippen LogP contribution >= 0.6 is 11.6 Å². The number of halogens is 2. The average Bonchev–Trinajstić information content (AvgIpc) is 3.86. The standard InChI is InChI=1S/C37H35ClFN5O3/c38-27-14-16-28(17-15-27)43-35(46)44-31(34(41)45)21-37(47,25-7-2-1-3-8-25)33(44)29-10-5-11-30(32(29)39)36(42,19-18-23-12-13-23)26-9-4-6-24(20-26)22-40/h1-11,14-17,20,23,31,33,47H,12-13,18-19,21,42H2,(H2,41,45)(H,43,46). The maximum Gasteiger partial charge on any atom is 0.323 e. The second kappa shape index (κ2) is 12.8. The Morgan fingerprint density at radius 3 is 2.40 bits per heavy atom. The van der Waals surface area contributed by atoms with Crippen LogP contribution in [0.25, 0.3) is 0 Å². The van der Waals surface area contributed by atoms with Gasteiger partial charge in [-0.05, 0) is 66.3 Å². The molecule has 4 atom stereocenters. The summed E-state index contributed by atoms with van der Waals surface area (Å²) in [5.74, 6) is -1.08. The van der Waals surface area contributed by atoms with Gasteiger partial charge in [0.25, 0.3) is 0 Å². The highest BCUT2D eigenvalue weighted by Crippen LogP contribution is 2.52. The van der Waals surface area contributed by atoms with E-state index in [1.807, 2.05) is 0 Å². The van der Waals surface area contributed by atoms with E-state index >= 15 is 4.39 Å². The van der Waals surface area contributed by atoms with Gasteiger partial charge >= 0.3 is 6.03 Å². The number of hydrogen-bond acceptors (Lipinski definition) is 5. The lowest BCUT2D eigenvalue weighted by Crippen LogP contribution is -2.47. The van der Waals surface area contributed by atoms with Crippen molar-refractivity contribution in [2.45, 2.75) is 55.3 Å². The molecule has 6 N–H and O–H groups in total. The molecule has 240 valence electrons. The van der Waals surface area contributed by atoms with Gasteiger partial charge in [0.15, 0.2) is 0 Å². The predicted octanol–water partition coefficient (Wildman–Crippen LogP) is 6.46. The highest BCUT2D eigenvalue weighted by atomic mass is 35.5. The van der Waals surface area contributed by atoms with Crippen LogP contribution in [0, 0.1) is 23.1 Å². The molecule has 6 rings (SSSR count). The Bertz CT molecular complexity index is 1850. The summed E-state index contributed by atoms with van der Waals surface area (Å²) < 4.78 is 17.4. The summed E-state index contributed by atoms with van der Waals surface area (Å²) in [6, 6.07) is 25.2. The van der Waals surface area contributed by atoms with E-state index in [1.165, 1.54) is 6.07 Å². The molecule has 47 heavy (non-hydrogen) atoms. The molecule has 1 aliphatic carbocycles. The first-order valence-electron chi connectivity index (χ1n) is 15.6. The summed E-state index contributed by atoms with van der Waals surface area (Å²) in [6.07, 6.45) is 3.05. The molecule has 4 aromatic carbocycles. The smallest absolute Gasteiger partial charge is 0.323 e. The molecule has 2 fully saturated rings. The van der Waals surface area contributed by atoms with E-state index in [9.17, 15) is 20.0 Å². The minimum atomic E-state index is -1.91. The Morgan fingerprint density at radius 2 is 1.74 bits per heavy atom. The number of aliphatic hydroxyl groups is 1. The highest BCUT2D eigenvalue weighted by molar-refractivity contribution is 6.30. The zero-order chi connectivity index (χ0) is 33.3. The lowest BCUT2D eigenvalue weighted by atomic mass is 9.76. The molecule has 1 aliphatic heterocycles. The third-order valence-corrected chi connectivity index (χ3v) is 9.71. The lowest BCUT2D eigenvalue weighted by molar-refractivity contribution is -0.121. The molecular weight excluding hydrogens is 617 g/mol. The SMILES string of the molecule is N#Cc1cccc(C(N)(CCC2CC2)c2cccc(C3N(C(=O)Nc4ccc(Cl)cc4)C(C(N)=O)CC3(O)c3ccccc3)c2F)c1. The van der Waals surface area contributed by atoms with Gasteiger partial charge in [0, 0.05) is 28.3 Å². The second-order valence-corrected chi connectivity index (χ2v) is 13.0. The summed E-state index contributed by atoms with van der Waals surface area (Å²) in [7, 11) is 0. The van der Waals surface area contributed by atoms with E-state index in [2.05, 4.69) is 11.4 Å². The molecule has 1 heterocycles. The van der Waals surface area contributed by atoms with Crippen molar-refractivity contribution in [3.8, 4) is 6.07 Å². The Kier molecular flexibility index (Phi) is 8.77. The molecule has 1 saturated heterocycles. The molecule has 0 radical (unpaired) electrons. The van der Waals surface area contributed by atoms with Crippen LogP contribution in [-0.2, 0) is 15.9 Å². The van der Waals surface area contributed by atoms with Gasteiger partial charge in [-0.15, -0.1) is 0 Å². The first-order chi connectivity index (χ1) is 22.5. The number of nitrogens with zero attached hydrogens (tertiary/aromatic N) is 2. The van der Waals surface area contributed by atoms with Crippen molar-refractivity contribution in [2.24, 2.45) is 17.4 Å². The molecule has 10 heteroatoms. The number of nitrogens with one attached hydrogen (secondary N) is 1. The van der Waals surface area contributed by atoms with E-state index < -0.39 is 41.0 Å². The summed E-state index contributed by atoms with van der Waals surface area (Å²) in [5, 5.41) is 25.4. The van der Waals surface area contributed by atoms with E-state index in [0.717, 1.165) is 24.2 Å². The van der Waals surface area contributed by atoms with Gasteiger partial charge in [0.2, 0.25) is 5.91 Å². The zero-order valence-corrected chi connectivity index (χ0v) is 26.3. The number of anilines is 1. The fourth-order valence-electron chi connectivity index (χ4n) is 6.79. The number of hydrogen-bond donors (Lipinski definition) is 4. The van der Waals surface area contributed by atoms with Gasteiger partial charge in [-0.2, -0.15) is 5.26 Å². The Labute approximate surface area is 277 Å². The number of rotatable bonds is 9. The summed E-state index contributed by atoms with van der Waals surface area (Å²) in [5.41, 5.74) is 11.7. The monoisotopic (exact) mass is 651 g/mol. The Morgan fingerprint density at radius 1 is 1.04 bits per heavy atom. The minimum Gasteiger partial charge on any atom is -0.383 e. The lowest BCUT2D eigenvalue weighted by Gasteiger charge is -2.37.